The molecule has 0 saturated carbocycles. The minimum absolute atomic E-state index is 0.599. The molecule has 2 heteroatoms. The fourth-order valence-electron chi connectivity index (χ4n) is 8.80. The van der Waals surface area contributed by atoms with Crippen LogP contribution in [0.1, 0.15) is 22.3 Å². The Morgan fingerprint density at radius 2 is 0.544 bits per heavy atom. The average molecular weight is 729 g/mol. The first-order valence-electron chi connectivity index (χ1n) is 19.6. The lowest BCUT2D eigenvalue weighted by Gasteiger charge is -2.35. The van der Waals surface area contributed by atoms with Gasteiger partial charge in [0, 0.05) is 34.1 Å². The summed E-state index contributed by atoms with van der Waals surface area (Å²) in [5.41, 5.74) is 15.9. The van der Waals surface area contributed by atoms with Crippen molar-refractivity contribution in [3.8, 4) is 22.3 Å². The van der Waals surface area contributed by atoms with Crippen molar-refractivity contribution in [1.82, 2.24) is 0 Å². The zero-order valence-corrected chi connectivity index (χ0v) is 31.5. The van der Waals surface area contributed by atoms with Gasteiger partial charge in [0.15, 0.2) is 0 Å². The van der Waals surface area contributed by atoms with Gasteiger partial charge in [0.1, 0.15) is 0 Å². The molecule has 0 radical (unpaired) electrons. The highest BCUT2D eigenvalue weighted by molar-refractivity contribution is 5.92. The van der Waals surface area contributed by atoms with E-state index in [0.29, 0.717) is 0 Å². The maximum absolute atomic E-state index is 2.44. The molecule has 1 aliphatic carbocycles. The summed E-state index contributed by atoms with van der Waals surface area (Å²) in [6, 6.07) is 87.9. The lowest BCUT2D eigenvalue weighted by molar-refractivity contribution is 0.768. The molecule has 270 valence electrons. The summed E-state index contributed by atoms with van der Waals surface area (Å²) in [5.74, 6) is 0. The summed E-state index contributed by atoms with van der Waals surface area (Å²) in [5, 5.41) is 0. The quantitative estimate of drug-likeness (QED) is 0.146. The summed E-state index contributed by atoms with van der Waals surface area (Å²) >= 11 is 0. The SMILES string of the molecule is c1ccc(-c2ccc(N(c3ccccc3)c3ccc4c(c3)C(c3ccccc3)(c3ccccc3)c3cc(N(c5ccccc5)c5ccccc5)ccc3-4)cc2)cc1. The van der Waals surface area contributed by atoms with E-state index in [0.717, 1.165) is 34.1 Å². The van der Waals surface area contributed by atoms with Crippen LogP contribution in [0, 0.1) is 0 Å². The van der Waals surface area contributed by atoms with Gasteiger partial charge < -0.3 is 9.80 Å². The van der Waals surface area contributed by atoms with E-state index in [-0.39, 0.29) is 0 Å². The molecule has 0 saturated heterocycles. The van der Waals surface area contributed by atoms with Crippen LogP contribution in [-0.4, -0.2) is 0 Å². The molecular weight excluding hydrogens is 689 g/mol. The summed E-state index contributed by atoms with van der Waals surface area (Å²) in [6.45, 7) is 0. The molecule has 0 bridgehead atoms. The van der Waals surface area contributed by atoms with Crippen molar-refractivity contribution < 1.29 is 0 Å². The van der Waals surface area contributed by atoms with Crippen molar-refractivity contribution in [2.75, 3.05) is 9.80 Å². The summed E-state index contributed by atoms with van der Waals surface area (Å²) in [7, 11) is 0. The first-order valence-corrected chi connectivity index (χ1v) is 19.6. The Kier molecular flexibility index (Phi) is 8.78. The van der Waals surface area contributed by atoms with E-state index >= 15 is 0 Å². The predicted octanol–water partition coefficient (Wildman–Crippen LogP) is 14.7. The standard InChI is InChI=1S/C55H40N2/c1-7-19-41(20-8-1)42-31-33-48(34-32-42)57(47-29-17-6-18-30-47)50-36-38-52-51-37-35-49(56(45-25-13-4-14-26-45)46-27-15-5-16-28-46)39-53(51)55(54(52)40-50,43-21-9-2-10-22-43)44-23-11-3-12-24-44/h1-40H. The van der Waals surface area contributed by atoms with Gasteiger partial charge in [-0.25, -0.2) is 0 Å². The third-order valence-corrected chi connectivity index (χ3v) is 11.3. The number of para-hydroxylation sites is 3. The Hall–Kier alpha value is -7.42. The van der Waals surface area contributed by atoms with Gasteiger partial charge in [0.25, 0.3) is 0 Å². The van der Waals surface area contributed by atoms with E-state index in [1.54, 1.807) is 0 Å². The Morgan fingerprint density at radius 1 is 0.246 bits per heavy atom. The number of rotatable bonds is 9. The maximum Gasteiger partial charge on any atom is 0.0715 e. The van der Waals surface area contributed by atoms with E-state index in [1.807, 2.05) is 0 Å². The first-order chi connectivity index (χ1) is 28.3. The van der Waals surface area contributed by atoms with Crippen molar-refractivity contribution >= 4 is 34.1 Å². The number of fused-ring (bicyclic) bond motifs is 3. The average Bonchev–Trinajstić information content (AvgIpc) is 3.58. The second-order valence-corrected chi connectivity index (χ2v) is 14.5. The topological polar surface area (TPSA) is 6.48 Å². The highest BCUT2D eigenvalue weighted by atomic mass is 15.1. The minimum atomic E-state index is -0.599. The lowest BCUT2D eigenvalue weighted by atomic mass is 9.67. The molecule has 0 N–H and O–H groups in total. The predicted molar refractivity (Wildman–Crippen MR) is 239 cm³/mol. The van der Waals surface area contributed by atoms with Crippen LogP contribution in [0.4, 0.5) is 34.1 Å². The van der Waals surface area contributed by atoms with E-state index in [1.165, 1.54) is 44.5 Å². The molecule has 0 spiro atoms. The number of hydrogen-bond acceptors (Lipinski definition) is 2. The van der Waals surface area contributed by atoms with Crippen molar-refractivity contribution in [1.29, 1.82) is 0 Å². The van der Waals surface area contributed by atoms with Gasteiger partial charge in [-0.15, -0.1) is 0 Å². The second kappa shape index (κ2) is 14.7. The zero-order valence-electron chi connectivity index (χ0n) is 31.5. The molecular formula is C55H40N2. The van der Waals surface area contributed by atoms with Crippen LogP contribution < -0.4 is 9.80 Å². The smallest absolute Gasteiger partial charge is 0.0715 e. The Morgan fingerprint density at radius 3 is 0.930 bits per heavy atom. The van der Waals surface area contributed by atoms with Gasteiger partial charge in [-0.2, -0.15) is 0 Å². The maximum atomic E-state index is 2.44. The molecule has 2 nitrogen and oxygen atoms in total. The van der Waals surface area contributed by atoms with Gasteiger partial charge in [-0.1, -0.05) is 170 Å². The van der Waals surface area contributed by atoms with Crippen molar-refractivity contribution in [3.05, 3.63) is 265 Å². The highest BCUT2D eigenvalue weighted by Gasteiger charge is 2.47. The molecule has 0 aliphatic heterocycles. The lowest BCUT2D eigenvalue weighted by Crippen LogP contribution is -2.29. The fraction of sp³-hybridized carbons (Fsp3) is 0.0182. The summed E-state index contributed by atoms with van der Waals surface area (Å²) < 4.78 is 0. The van der Waals surface area contributed by atoms with E-state index in [4.69, 9.17) is 0 Å². The number of benzene rings is 9. The Bertz CT molecular complexity index is 2670. The zero-order chi connectivity index (χ0) is 38.0. The molecule has 9 aromatic rings. The van der Waals surface area contributed by atoms with E-state index in [9.17, 15) is 0 Å². The van der Waals surface area contributed by atoms with Crippen LogP contribution >= 0.6 is 0 Å². The summed E-state index contributed by atoms with van der Waals surface area (Å²) in [6.07, 6.45) is 0. The third kappa shape index (κ3) is 6.00. The van der Waals surface area contributed by atoms with Crippen LogP contribution in [0.25, 0.3) is 22.3 Å². The van der Waals surface area contributed by atoms with Crippen molar-refractivity contribution in [2.45, 2.75) is 5.41 Å². The normalized spacial score (nSPS) is 12.4. The largest absolute Gasteiger partial charge is 0.310 e. The Balaban J connectivity index is 1.21. The van der Waals surface area contributed by atoms with Crippen LogP contribution in [-0.2, 0) is 5.41 Å². The van der Waals surface area contributed by atoms with Crippen molar-refractivity contribution in [3.63, 3.8) is 0 Å². The number of hydrogen-bond donors (Lipinski definition) is 0. The van der Waals surface area contributed by atoms with Gasteiger partial charge in [-0.3, -0.25) is 0 Å². The molecule has 0 heterocycles. The molecule has 0 unspecified atom stereocenters. The molecule has 0 aromatic heterocycles. The van der Waals surface area contributed by atoms with Gasteiger partial charge in [-0.05, 0) is 117 Å². The van der Waals surface area contributed by atoms with Crippen LogP contribution in [0.15, 0.2) is 243 Å². The molecule has 9 aromatic carbocycles. The van der Waals surface area contributed by atoms with Gasteiger partial charge in [0.05, 0.1) is 5.41 Å². The number of nitrogens with zero attached hydrogens (tertiary/aromatic N) is 2. The molecule has 10 rings (SSSR count). The van der Waals surface area contributed by atoms with Crippen LogP contribution in [0.5, 0.6) is 0 Å². The molecule has 0 atom stereocenters. The van der Waals surface area contributed by atoms with Gasteiger partial charge >= 0.3 is 0 Å². The fourth-order valence-corrected chi connectivity index (χ4v) is 8.80. The number of anilines is 6. The molecule has 57 heavy (non-hydrogen) atoms. The first kappa shape index (κ1) is 34.1. The van der Waals surface area contributed by atoms with Crippen LogP contribution in [0.2, 0.25) is 0 Å². The summed E-state index contributed by atoms with van der Waals surface area (Å²) in [4.78, 5) is 4.75. The highest BCUT2D eigenvalue weighted by Crippen LogP contribution is 2.58. The van der Waals surface area contributed by atoms with Crippen molar-refractivity contribution in [2.24, 2.45) is 0 Å². The minimum Gasteiger partial charge on any atom is -0.310 e. The van der Waals surface area contributed by atoms with Crippen LogP contribution in [0.3, 0.4) is 0 Å². The monoisotopic (exact) mass is 728 g/mol. The van der Waals surface area contributed by atoms with E-state index < -0.39 is 5.41 Å². The molecule has 1 aliphatic rings. The molecule has 0 fully saturated rings. The second-order valence-electron chi connectivity index (χ2n) is 14.5. The molecule has 0 amide bonds. The third-order valence-electron chi connectivity index (χ3n) is 11.3. The van der Waals surface area contributed by atoms with E-state index in [2.05, 4.69) is 252 Å². The van der Waals surface area contributed by atoms with Gasteiger partial charge in [0.2, 0.25) is 0 Å². The Labute approximate surface area is 335 Å².